The van der Waals surface area contributed by atoms with Crippen LogP contribution in [0.3, 0.4) is 0 Å². The molecule has 0 saturated heterocycles. The molecular formula is C13H12N6O2. The monoisotopic (exact) mass is 284 g/mol. The van der Waals surface area contributed by atoms with Crippen molar-refractivity contribution in [2.75, 3.05) is 12.3 Å². The van der Waals surface area contributed by atoms with E-state index in [2.05, 4.69) is 15.1 Å². The zero-order chi connectivity index (χ0) is 14.4. The van der Waals surface area contributed by atoms with Gasteiger partial charge in [-0.1, -0.05) is 0 Å². The number of nitrogen functional groups attached to an aromatic ring is 1. The van der Waals surface area contributed by atoms with Crippen LogP contribution in [0.2, 0.25) is 0 Å². The van der Waals surface area contributed by atoms with Gasteiger partial charge < -0.3 is 19.8 Å². The second-order valence-corrected chi connectivity index (χ2v) is 4.59. The van der Waals surface area contributed by atoms with Crippen LogP contribution >= 0.6 is 0 Å². The van der Waals surface area contributed by atoms with Gasteiger partial charge in [0.1, 0.15) is 5.65 Å². The highest BCUT2D eigenvalue weighted by Crippen LogP contribution is 2.24. The molecule has 0 atom stereocenters. The van der Waals surface area contributed by atoms with E-state index in [0.29, 0.717) is 29.4 Å². The van der Waals surface area contributed by atoms with Crippen molar-refractivity contribution in [2.24, 2.45) is 0 Å². The molecule has 21 heavy (non-hydrogen) atoms. The van der Waals surface area contributed by atoms with Gasteiger partial charge in [0, 0.05) is 12.7 Å². The van der Waals surface area contributed by atoms with Crippen molar-refractivity contribution in [1.82, 2.24) is 24.1 Å². The molecule has 0 aliphatic heterocycles. The Morgan fingerprint density at radius 1 is 1.24 bits per heavy atom. The topological polar surface area (TPSA) is 107 Å². The van der Waals surface area contributed by atoms with Gasteiger partial charge in [0.2, 0.25) is 11.8 Å². The number of hydrogen-bond acceptors (Lipinski definition) is 6. The van der Waals surface area contributed by atoms with Crippen LogP contribution in [0.1, 0.15) is 0 Å². The highest BCUT2D eigenvalue weighted by atomic mass is 16.3. The van der Waals surface area contributed by atoms with Gasteiger partial charge in [-0.2, -0.15) is 9.50 Å². The molecule has 4 aromatic heterocycles. The standard InChI is InChI=1S/C13H12N6O2/c14-13-16-11-8(3-4-18(11)5-6-20)12-15-10(17-19(12)13)9-2-1-7-21-9/h1-4,7,20H,5-6H2,(H2,14,16). The van der Waals surface area contributed by atoms with E-state index >= 15 is 0 Å². The third-order valence-electron chi connectivity index (χ3n) is 3.30. The fraction of sp³-hybridized carbons (Fsp3) is 0.154. The summed E-state index contributed by atoms with van der Waals surface area (Å²) in [6.07, 6.45) is 3.41. The van der Waals surface area contributed by atoms with Crippen molar-refractivity contribution < 1.29 is 9.52 Å². The maximum absolute atomic E-state index is 9.08. The smallest absolute Gasteiger partial charge is 0.225 e. The molecule has 4 rings (SSSR count). The molecule has 0 aliphatic carbocycles. The Morgan fingerprint density at radius 3 is 2.90 bits per heavy atom. The number of nitrogens with zero attached hydrogens (tertiary/aromatic N) is 5. The summed E-state index contributed by atoms with van der Waals surface area (Å²) in [7, 11) is 0. The second-order valence-electron chi connectivity index (χ2n) is 4.59. The number of rotatable bonds is 3. The number of furan rings is 1. The lowest BCUT2D eigenvalue weighted by Crippen LogP contribution is -2.06. The SMILES string of the molecule is Nc1nc2c(ccn2CCO)c2nc(-c3ccco3)nn12. The predicted octanol–water partition coefficient (Wildman–Crippen LogP) is 0.913. The third kappa shape index (κ3) is 1.69. The van der Waals surface area contributed by atoms with Crippen LogP contribution in [0, 0.1) is 0 Å². The number of hydrogen-bond donors (Lipinski definition) is 2. The molecule has 106 valence electrons. The zero-order valence-electron chi connectivity index (χ0n) is 11.0. The summed E-state index contributed by atoms with van der Waals surface area (Å²) < 4.78 is 8.62. The van der Waals surface area contributed by atoms with E-state index in [1.165, 1.54) is 4.52 Å². The molecule has 4 aromatic rings. The largest absolute Gasteiger partial charge is 0.461 e. The van der Waals surface area contributed by atoms with Crippen LogP contribution in [0.4, 0.5) is 5.95 Å². The normalized spacial score (nSPS) is 11.7. The minimum Gasteiger partial charge on any atom is -0.461 e. The number of aliphatic hydroxyl groups excluding tert-OH is 1. The van der Waals surface area contributed by atoms with Crippen molar-refractivity contribution >= 4 is 22.6 Å². The van der Waals surface area contributed by atoms with Gasteiger partial charge in [-0.05, 0) is 18.2 Å². The van der Waals surface area contributed by atoms with Crippen LogP contribution in [0.5, 0.6) is 0 Å². The number of fused-ring (bicyclic) bond motifs is 3. The van der Waals surface area contributed by atoms with Crippen molar-refractivity contribution in [1.29, 1.82) is 0 Å². The van der Waals surface area contributed by atoms with Crippen LogP contribution in [0.15, 0.2) is 35.1 Å². The molecule has 0 spiro atoms. The molecule has 8 nitrogen and oxygen atoms in total. The van der Waals surface area contributed by atoms with E-state index in [1.807, 2.05) is 16.8 Å². The highest BCUT2D eigenvalue weighted by Gasteiger charge is 2.16. The van der Waals surface area contributed by atoms with Crippen molar-refractivity contribution in [3.63, 3.8) is 0 Å². The Hall–Kier alpha value is -2.87. The van der Waals surface area contributed by atoms with Gasteiger partial charge >= 0.3 is 0 Å². The van der Waals surface area contributed by atoms with Crippen LogP contribution in [0.25, 0.3) is 28.3 Å². The first-order valence-electron chi connectivity index (χ1n) is 6.44. The van der Waals surface area contributed by atoms with Crippen LogP contribution < -0.4 is 5.73 Å². The fourth-order valence-corrected chi connectivity index (χ4v) is 2.36. The van der Waals surface area contributed by atoms with Gasteiger partial charge in [0.15, 0.2) is 11.4 Å². The van der Waals surface area contributed by atoms with Crippen molar-refractivity contribution in [3.05, 3.63) is 30.7 Å². The predicted molar refractivity (Wildman–Crippen MR) is 75.5 cm³/mol. The molecule has 0 saturated carbocycles. The lowest BCUT2D eigenvalue weighted by molar-refractivity contribution is 0.278. The maximum atomic E-state index is 9.08. The molecule has 0 amide bonds. The van der Waals surface area contributed by atoms with E-state index in [-0.39, 0.29) is 12.6 Å². The van der Waals surface area contributed by atoms with E-state index in [1.54, 1.807) is 18.4 Å². The minimum absolute atomic E-state index is 0.0287. The quantitative estimate of drug-likeness (QED) is 0.579. The van der Waals surface area contributed by atoms with Gasteiger partial charge in [0.25, 0.3) is 0 Å². The average molecular weight is 284 g/mol. The Morgan fingerprint density at radius 2 is 2.14 bits per heavy atom. The van der Waals surface area contributed by atoms with Crippen LogP contribution in [-0.2, 0) is 6.54 Å². The summed E-state index contributed by atoms with van der Waals surface area (Å²) in [5.74, 6) is 1.26. The molecule has 3 N–H and O–H groups in total. The molecule has 0 unspecified atom stereocenters. The molecular weight excluding hydrogens is 272 g/mol. The first kappa shape index (κ1) is 11.9. The molecule has 0 radical (unpaired) electrons. The van der Waals surface area contributed by atoms with Gasteiger partial charge in [0.05, 0.1) is 18.3 Å². The molecule has 0 aromatic carbocycles. The molecule has 0 fully saturated rings. The minimum atomic E-state index is 0.0287. The Balaban J connectivity index is 2.01. The number of anilines is 1. The molecule has 8 heteroatoms. The lowest BCUT2D eigenvalue weighted by Gasteiger charge is -2.03. The Kier molecular flexibility index (Phi) is 2.45. The maximum Gasteiger partial charge on any atom is 0.225 e. The number of aromatic nitrogens is 5. The van der Waals surface area contributed by atoms with Crippen LogP contribution in [-0.4, -0.2) is 35.9 Å². The average Bonchev–Trinajstić information content (AvgIpc) is 3.16. The summed E-state index contributed by atoms with van der Waals surface area (Å²) in [5.41, 5.74) is 7.24. The molecule has 0 bridgehead atoms. The van der Waals surface area contributed by atoms with Crippen molar-refractivity contribution in [3.8, 4) is 11.6 Å². The van der Waals surface area contributed by atoms with E-state index in [0.717, 1.165) is 5.39 Å². The Labute approximate surface area is 118 Å². The summed E-state index contributed by atoms with van der Waals surface area (Å²) in [6.45, 7) is 0.478. The van der Waals surface area contributed by atoms with Crippen molar-refractivity contribution in [2.45, 2.75) is 6.54 Å². The number of aliphatic hydroxyl groups is 1. The van der Waals surface area contributed by atoms with Gasteiger partial charge in [-0.15, -0.1) is 5.10 Å². The number of nitrogens with two attached hydrogens (primary N) is 1. The Bertz CT molecular complexity index is 921. The van der Waals surface area contributed by atoms with Gasteiger partial charge in [-0.3, -0.25) is 0 Å². The summed E-state index contributed by atoms with van der Waals surface area (Å²) in [6, 6.07) is 5.44. The molecule has 4 heterocycles. The first-order chi connectivity index (χ1) is 10.3. The third-order valence-corrected chi connectivity index (χ3v) is 3.30. The van der Waals surface area contributed by atoms with E-state index < -0.39 is 0 Å². The summed E-state index contributed by atoms with van der Waals surface area (Å²) in [5, 5.41) is 14.2. The molecule has 0 aliphatic rings. The van der Waals surface area contributed by atoms with E-state index in [4.69, 9.17) is 15.3 Å². The highest BCUT2D eigenvalue weighted by molar-refractivity contribution is 5.91. The fourth-order valence-electron chi connectivity index (χ4n) is 2.36. The first-order valence-corrected chi connectivity index (χ1v) is 6.44. The second kappa shape index (κ2) is 4.32. The zero-order valence-corrected chi connectivity index (χ0v) is 11.0. The summed E-state index contributed by atoms with van der Waals surface area (Å²) >= 11 is 0. The lowest BCUT2D eigenvalue weighted by atomic mass is 10.4. The summed E-state index contributed by atoms with van der Waals surface area (Å²) in [4.78, 5) is 8.82. The van der Waals surface area contributed by atoms with E-state index in [9.17, 15) is 0 Å². The van der Waals surface area contributed by atoms with Gasteiger partial charge in [-0.25, -0.2) is 4.98 Å².